The van der Waals surface area contributed by atoms with Gasteiger partial charge in [-0.15, -0.1) is 0 Å². The van der Waals surface area contributed by atoms with Crippen LogP contribution in [0.5, 0.6) is 0 Å². The third kappa shape index (κ3) is 2.93. The number of esters is 1. The van der Waals surface area contributed by atoms with Crippen molar-refractivity contribution in [1.82, 2.24) is 4.57 Å². The lowest BCUT2D eigenvalue weighted by Crippen LogP contribution is -2.24. The molecule has 148 valence electrons. The number of benzene rings is 1. The lowest BCUT2D eigenvalue weighted by molar-refractivity contribution is -0.384. The zero-order valence-electron chi connectivity index (χ0n) is 16.1. The van der Waals surface area contributed by atoms with Crippen LogP contribution in [0, 0.1) is 17.0 Å². The number of carbonyl (C=O) groups excluding carboxylic acids is 1. The summed E-state index contributed by atoms with van der Waals surface area (Å²) in [6, 6.07) is 1.54. The molecule has 2 fully saturated rings. The van der Waals surface area contributed by atoms with Crippen molar-refractivity contribution in [3.8, 4) is 0 Å². The van der Waals surface area contributed by atoms with Crippen molar-refractivity contribution in [1.29, 1.82) is 0 Å². The summed E-state index contributed by atoms with van der Waals surface area (Å²) >= 11 is 0. The number of pyridine rings is 1. The Kier molecular flexibility index (Phi) is 4.56. The lowest BCUT2D eigenvalue weighted by atomic mass is 10.0. The molecule has 0 spiro atoms. The molecule has 1 saturated carbocycles. The lowest BCUT2D eigenvalue weighted by Gasteiger charge is -2.23. The molecule has 4 rings (SSSR count). The number of fused-ring (bicyclic) bond motifs is 1. The van der Waals surface area contributed by atoms with E-state index in [0.29, 0.717) is 11.2 Å². The monoisotopic (exact) mass is 385 g/mol. The van der Waals surface area contributed by atoms with E-state index in [9.17, 15) is 19.7 Å². The zero-order valence-corrected chi connectivity index (χ0v) is 16.1. The van der Waals surface area contributed by atoms with Gasteiger partial charge in [0.2, 0.25) is 5.43 Å². The Balaban J connectivity index is 2.06. The third-order valence-corrected chi connectivity index (χ3v) is 5.56. The molecule has 0 amide bonds. The molecule has 1 aromatic carbocycles. The van der Waals surface area contributed by atoms with Crippen LogP contribution in [-0.2, 0) is 4.74 Å². The second-order valence-electron chi connectivity index (χ2n) is 7.45. The van der Waals surface area contributed by atoms with Gasteiger partial charge in [-0.05, 0) is 39.5 Å². The summed E-state index contributed by atoms with van der Waals surface area (Å²) in [5, 5.41) is 12.0. The largest absolute Gasteiger partial charge is 0.462 e. The van der Waals surface area contributed by atoms with Crippen molar-refractivity contribution in [3.63, 3.8) is 0 Å². The van der Waals surface area contributed by atoms with Crippen LogP contribution >= 0.6 is 0 Å². The number of aromatic nitrogens is 1. The Morgan fingerprint density at radius 2 is 2.00 bits per heavy atom. The van der Waals surface area contributed by atoms with Gasteiger partial charge in [0.15, 0.2) is 0 Å². The highest BCUT2D eigenvalue weighted by Gasteiger charge is 2.32. The van der Waals surface area contributed by atoms with Gasteiger partial charge >= 0.3 is 5.97 Å². The molecule has 1 saturated heterocycles. The number of anilines is 1. The van der Waals surface area contributed by atoms with Gasteiger partial charge in [-0.1, -0.05) is 0 Å². The fraction of sp³-hybridized carbons (Fsp3) is 0.500. The van der Waals surface area contributed by atoms with Crippen molar-refractivity contribution >= 4 is 28.2 Å². The second kappa shape index (κ2) is 6.92. The van der Waals surface area contributed by atoms with E-state index in [-0.39, 0.29) is 29.3 Å². The Morgan fingerprint density at radius 3 is 2.57 bits per heavy atom. The average molecular weight is 385 g/mol. The molecule has 0 bridgehead atoms. The maximum atomic E-state index is 13.0. The van der Waals surface area contributed by atoms with E-state index in [0.717, 1.165) is 44.3 Å². The molecular formula is C20H23N3O5. The maximum absolute atomic E-state index is 13.0. The molecule has 1 aliphatic carbocycles. The fourth-order valence-corrected chi connectivity index (χ4v) is 4.17. The summed E-state index contributed by atoms with van der Waals surface area (Å²) in [6.07, 6.45) is 5.47. The minimum absolute atomic E-state index is 0.0659. The molecular weight excluding hydrogens is 362 g/mol. The molecule has 1 aliphatic heterocycles. The van der Waals surface area contributed by atoms with Gasteiger partial charge in [0.1, 0.15) is 11.3 Å². The molecule has 28 heavy (non-hydrogen) atoms. The first kappa shape index (κ1) is 18.5. The van der Waals surface area contributed by atoms with Crippen LogP contribution in [0.4, 0.5) is 11.4 Å². The first-order valence-electron chi connectivity index (χ1n) is 9.73. The van der Waals surface area contributed by atoms with Gasteiger partial charge in [-0.3, -0.25) is 14.9 Å². The Hall–Kier alpha value is -2.90. The number of rotatable bonds is 5. The normalized spacial score (nSPS) is 16.6. The Labute approximate surface area is 161 Å². The van der Waals surface area contributed by atoms with E-state index in [1.165, 1.54) is 6.07 Å². The molecule has 2 aliphatic rings. The summed E-state index contributed by atoms with van der Waals surface area (Å²) in [5.41, 5.74) is 1.35. The van der Waals surface area contributed by atoms with E-state index in [1.54, 1.807) is 13.1 Å². The minimum atomic E-state index is -0.687. The van der Waals surface area contributed by atoms with Crippen LogP contribution in [0.1, 0.15) is 54.6 Å². The minimum Gasteiger partial charge on any atom is -0.462 e. The number of nitrogens with zero attached hydrogens (tertiary/aromatic N) is 3. The van der Waals surface area contributed by atoms with E-state index in [1.807, 2.05) is 16.4 Å². The van der Waals surface area contributed by atoms with Crippen LogP contribution in [-0.4, -0.2) is 35.2 Å². The predicted octanol–water partition coefficient (Wildman–Crippen LogP) is 3.33. The van der Waals surface area contributed by atoms with Gasteiger partial charge in [-0.25, -0.2) is 4.79 Å². The topological polar surface area (TPSA) is 94.7 Å². The van der Waals surface area contributed by atoms with Gasteiger partial charge in [0.05, 0.1) is 22.4 Å². The molecule has 0 radical (unpaired) electrons. The second-order valence-corrected chi connectivity index (χ2v) is 7.45. The Bertz CT molecular complexity index is 1030. The quantitative estimate of drug-likeness (QED) is 0.445. The van der Waals surface area contributed by atoms with Gasteiger partial charge in [0.25, 0.3) is 5.69 Å². The van der Waals surface area contributed by atoms with Crippen LogP contribution in [0.25, 0.3) is 10.9 Å². The van der Waals surface area contributed by atoms with Crippen LogP contribution in [0.3, 0.4) is 0 Å². The maximum Gasteiger partial charge on any atom is 0.343 e. The molecule has 1 aromatic heterocycles. The van der Waals surface area contributed by atoms with Crippen LogP contribution in [0.15, 0.2) is 17.1 Å². The van der Waals surface area contributed by atoms with E-state index >= 15 is 0 Å². The Morgan fingerprint density at radius 1 is 1.32 bits per heavy atom. The number of carbonyl (C=O) groups is 1. The molecule has 8 nitrogen and oxygen atoms in total. The summed E-state index contributed by atoms with van der Waals surface area (Å²) in [5.74, 6) is -0.687. The summed E-state index contributed by atoms with van der Waals surface area (Å²) < 4.78 is 6.98. The highest BCUT2D eigenvalue weighted by molar-refractivity contribution is 5.98. The summed E-state index contributed by atoms with van der Waals surface area (Å²) in [7, 11) is 0. The molecule has 0 atom stereocenters. The van der Waals surface area contributed by atoms with Gasteiger partial charge < -0.3 is 14.2 Å². The molecule has 0 unspecified atom stereocenters. The standard InChI is InChI=1S/C20H23N3O5/c1-3-28-20(25)15-11-22(13-6-7-13)17-12(2)18(21-8-4-5-9-21)16(23(26)27)10-14(17)19(15)24/h10-11,13H,3-9H2,1-2H3. The molecule has 2 aromatic rings. The molecule has 2 heterocycles. The van der Waals surface area contributed by atoms with Crippen molar-refractivity contribution in [3.05, 3.63) is 43.7 Å². The number of nitro benzene ring substituents is 1. The smallest absolute Gasteiger partial charge is 0.343 e. The summed E-state index contributed by atoms with van der Waals surface area (Å²) in [6.45, 7) is 5.21. The van der Waals surface area contributed by atoms with Crippen molar-refractivity contribution in [2.45, 2.75) is 45.6 Å². The van der Waals surface area contributed by atoms with E-state index in [4.69, 9.17) is 4.74 Å². The van der Waals surface area contributed by atoms with E-state index < -0.39 is 16.3 Å². The predicted molar refractivity (Wildman–Crippen MR) is 105 cm³/mol. The molecule has 8 heteroatoms. The average Bonchev–Trinajstić information content (AvgIpc) is 3.36. The SMILES string of the molecule is CCOC(=O)c1cn(C2CC2)c2c(C)c(N3CCCC3)c([N+](=O)[O-])cc2c1=O. The van der Waals surface area contributed by atoms with Crippen LogP contribution in [0.2, 0.25) is 0 Å². The van der Waals surface area contributed by atoms with Crippen LogP contribution < -0.4 is 10.3 Å². The zero-order chi connectivity index (χ0) is 20.0. The number of ether oxygens (including phenoxy) is 1. The van der Waals surface area contributed by atoms with Gasteiger partial charge in [-0.2, -0.15) is 0 Å². The van der Waals surface area contributed by atoms with Crippen molar-refractivity contribution < 1.29 is 14.5 Å². The number of aryl methyl sites for hydroxylation is 1. The first-order valence-corrected chi connectivity index (χ1v) is 9.73. The first-order chi connectivity index (χ1) is 13.4. The summed E-state index contributed by atoms with van der Waals surface area (Å²) in [4.78, 5) is 38.8. The number of hydrogen-bond acceptors (Lipinski definition) is 6. The highest BCUT2D eigenvalue weighted by Crippen LogP contribution is 2.42. The van der Waals surface area contributed by atoms with Crippen molar-refractivity contribution in [2.75, 3.05) is 24.6 Å². The van der Waals surface area contributed by atoms with E-state index in [2.05, 4.69) is 0 Å². The number of hydrogen-bond donors (Lipinski definition) is 0. The highest BCUT2D eigenvalue weighted by atomic mass is 16.6. The van der Waals surface area contributed by atoms with Crippen molar-refractivity contribution in [2.24, 2.45) is 0 Å². The number of nitro groups is 1. The third-order valence-electron chi connectivity index (χ3n) is 5.56. The molecule has 0 N–H and O–H groups in total. The van der Waals surface area contributed by atoms with Gasteiger partial charge in [0, 0.05) is 37.0 Å². The fourth-order valence-electron chi connectivity index (χ4n) is 4.17.